The van der Waals surface area contributed by atoms with Gasteiger partial charge in [-0.25, -0.2) is 15.1 Å². The molecule has 1 aliphatic carbocycles. The molecule has 0 radical (unpaired) electrons. The first-order chi connectivity index (χ1) is 18.4. The van der Waals surface area contributed by atoms with Gasteiger partial charge in [-0.05, 0) is 56.4 Å². The lowest BCUT2D eigenvalue weighted by Crippen LogP contribution is -2.56. The Labute approximate surface area is 229 Å². The third-order valence-corrected chi connectivity index (χ3v) is 8.81. The van der Waals surface area contributed by atoms with E-state index in [0.717, 1.165) is 36.5 Å². The largest absolute Gasteiger partial charge is 0.468 e. The average Bonchev–Trinajstić information content (AvgIpc) is 3.29. The van der Waals surface area contributed by atoms with E-state index in [-0.39, 0.29) is 24.2 Å². The molecule has 2 fully saturated rings. The van der Waals surface area contributed by atoms with Crippen molar-refractivity contribution in [1.29, 1.82) is 0 Å². The van der Waals surface area contributed by atoms with Crippen LogP contribution >= 0.6 is 20.1 Å². The summed E-state index contributed by atoms with van der Waals surface area (Å²) in [6.07, 6.45) is 9.19. The molecule has 12 heteroatoms. The Balaban J connectivity index is 1.27. The number of halogens is 1. The first-order valence-electron chi connectivity index (χ1n) is 12.8. The van der Waals surface area contributed by atoms with E-state index >= 15 is 0 Å². The standard InChI is InChI=1S/C26H33ClN5O5P/c1-17-14-20(36-24(17)32-13-4-6-21-22(28-2)29-16-30-23(21)32)15-35-38(37-19-9-7-18(27)8-10-19)31-26(11-5-12-26)25(33)34-3/h4,7-10,13,16-17,20,24,31H,5-6,11-12,14-15H2,1-3H3,(H,28,29,30). The Morgan fingerprint density at radius 2 is 2.08 bits per heavy atom. The average molecular weight is 562 g/mol. The van der Waals surface area contributed by atoms with E-state index in [4.69, 9.17) is 30.1 Å². The van der Waals surface area contributed by atoms with Crippen molar-refractivity contribution < 1.29 is 23.3 Å². The number of aromatic nitrogens is 2. The van der Waals surface area contributed by atoms with Gasteiger partial charge in [0.05, 0.1) is 19.8 Å². The Bertz CT molecular complexity index is 1170. The highest BCUT2D eigenvalue weighted by molar-refractivity contribution is 7.45. The van der Waals surface area contributed by atoms with Crippen molar-refractivity contribution in [3.8, 4) is 5.75 Å². The highest BCUT2D eigenvalue weighted by atomic mass is 35.5. The monoisotopic (exact) mass is 561 g/mol. The number of anilines is 2. The van der Waals surface area contributed by atoms with Gasteiger partial charge in [0, 0.05) is 29.8 Å². The number of ether oxygens (including phenoxy) is 2. The minimum atomic E-state index is -1.67. The van der Waals surface area contributed by atoms with Crippen LogP contribution in [0.3, 0.4) is 0 Å². The maximum atomic E-state index is 12.6. The summed E-state index contributed by atoms with van der Waals surface area (Å²) < 4.78 is 24.0. The van der Waals surface area contributed by atoms with Crippen LogP contribution in [0.25, 0.3) is 0 Å². The summed E-state index contributed by atoms with van der Waals surface area (Å²) in [4.78, 5) is 23.5. The van der Waals surface area contributed by atoms with E-state index in [1.54, 1.807) is 30.6 Å². The van der Waals surface area contributed by atoms with Crippen molar-refractivity contribution in [2.24, 2.45) is 5.92 Å². The lowest BCUT2D eigenvalue weighted by Gasteiger charge is -2.41. The molecular weight excluding hydrogens is 529 g/mol. The molecule has 1 saturated heterocycles. The Morgan fingerprint density at radius 3 is 2.76 bits per heavy atom. The van der Waals surface area contributed by atoms with Gasteiger partial charge in [-0.2, -0.15) is 0 Å². The van der Waals surface area contributed by atoms with Crippen molar-refractivity contribution in [1.82, 2.24) is 15.1 Å². The summed E-state index contributed by atoms with van der Waals surface area (Å²) in [7, 11) is 1.60. The van der Waals surface area contributed by atoms with Gasteiger partial charge in [0.15, 0.2) is 0 Å². The van der Waals surface area contributed by atoms with Crippen LogP contribution in [-0.4, -0.2) is 54.6 Å². The molecule has 0 spiro atoms. The Kier molecular flexibility index (Phi) is 8.35. The normalized spacial score (nSPS) is 24.3. The molecule has 204 valence electrons. The van der Waals surface area contributed by atoms with E-state index in [9.17, 15) is 4.79 Å². The molecule has 4 atom stereocenters. The molecule has 3 heterocycles. The molecule has 0 amide bonds. The molecule has 2 aromatic rings. The third kappa shape index (κ3) is 5.60. The summed E-state index contributed by atoms with van der Waals surface area (Å²) in [6.45, 7) is 2.47. The predicted octanol–water partition coefficient (Wildman–Crippen LogP) is 4.81. The zero-order valence-electron chi connectivity index (χ0n) is 21.7. The van der Waals surface area contributed by atoms with Gasteiger partial charge >= 0.3 is 14.5 Å². The molecule has 1 aromatic carbocycles. The molecule has 1 saturated carbocycles. The van der Waals surface area contributed by atoms with E-state index in [2.05, 4.69) is 38.3 Å². The number of nitrogens with zero attached hydrogens (tertiary/aromatic N) is 3. The third-order valence-electron chi connectivity index (χ3n) is 7.19. The molecule has 2 aliphatic heterocycles. The zero-order valence-corrected chi connectivity index (χ0v) is 23.4. The quantitative estimate of drug-likeness (QED) is 0.310. The van der Waals surface area contributed by atoms with Crippen LogP contribution in [0.4, 0.5) is 11.6 Å². The van der Waals surface area contributed by atoms with Crippen LogP contribution in [0, 0.1) is 5.92 Å². The smallest absolute Gasteiger partial charge is 0.326 e. The second-order valence-electron chi connectivity index (χ2n) is 9.77. The van der Waals surface area contributed by atoms with Crippen LogP contribution in [0.15, 0.2) is 42.9 Å². The van der Waals surface area contributed by atoms with Crippen LogP contribution in [0.5, 0.6) is 5.75 Å². The number of rotatable bonds is 10. The highest BCUT2D eigenvalue weighted by Gasteiger charge is 2.48. The van der Waals surface area contributed by atoms with E-state index in [1.807, 2.05) is 13.2 Å². The number of carbonyl (C=O) groups is 1. The first-order valence-corrected chi connectivity index (χ1v) is 14.3. The Hall–Kier alpha value is -2.49. The number of esters is 1. The maximum absolute atomic E-state index is 12.6. The summed E-state index contributed by atoms with van der Waals surface area (Å²) in [5.41, 5.74) is 0.248. The minimum absolute atomic E-state index is 0.157. The van der Waals surface area contributed by atoms with Gasteiger partial charge in [-0.3, -0.25) is 4.79 Å². The second-order valence-corrected chi connectivity index (χ2v) is 11.4. The molecule has 2 N–H and O–H groups in total. The molecule has 3 aliphatic rings. The van der Waals surface area contributed by atoms with E-state index in [1.165, 1.54) is 7.11 Å². The number of hydrogen-bond donors (Lipinski definition) is 2. The molecule has 0 bridgehead atoms. The van der Waals surface area contributed by atoms with Crippen LogP contribution in [0.2, 0.25) is 5.02 Å². The van der Waals surface area contributed by atoms with Crippen molar-refractivity contribution in [3.05, 3.63) is 53.5 Å². The fourth-order valence-corrected chi connectivity index (χ4v) is 6.61. The van der Waals surface area contributed by atoms with E-state index < -0.39 is 14.1 Å². The van der Waals surface area contributed by atoms with E-state index in [0.29, 0.717) is 30.2 Å². The van der Waals surface area contributed by atoms with Crippen LogP contribution in [-0.2, 0) is 25.2 Å². The van der Waals surface area contributed by atoms with Crippen LogP contribution in [0.1, 0.15) is 38.2 Å². The van der Waals surface area contributed by atoms with Gasteiger partial charge in [0.2, 0.25) is 0 Å². The molecule has 1 aromatic heterocycles. The molecular formula is C26H33ClN5O5P. The topological polar surface area (TPSA) is 107 Å². The van der Waals surface area contributed by atoms with Crippen LogP contribution < -0.4 is 19.8 Å². The van der Waals surface area contributed by atoms with Gasteiger partial charge < -0.3 is 28.7 Å². The Morgan fingerprint density at radius 1 is 1.29 bits per heavy atom. The van der Waals surface area contributed by atoms with Gasteiger partial charge in [0.1, 0.15) is 35.5 Å². The lowest BCUT2D eigenvalue weighted by molar-refractivity contribution is -0.151. The summed E-state index contributed by atoms with van der Waals surface area (Å²) in [5, 5.41) is 7.09. The van der Waals surface area contributed by atoms with Crippen molar-refractivity contribution in [2.75, 3.05) is 31.0 Å². The highest BCUT2D eigenvalue weighted by Crippen LogP contribution is 2.45. The number of hydrogen-bond acceptors (Lipinski definition) is 10. The lowest BCUT2D eigenvalue weighted by atomic mass is 9.78. The fraction of sp³-hybridized carbons (Fsp3) is 0.500. The summed E-state index contributed by atoms with van der Waals surface area (Å²) in [5.74, 6) is 2.20. The minimum Gasteiger partial charge on any atom is -0.468 e. The fourth-order valence-electron chi connectivity index (χ4n) is 5.04. The number of methoxy groups -OCH3 is 1. The van der Waals surface area contributed by atoms with Crippen molar-refractivity contribution >= 4 is 37.7 Å². The predicted molar refractivity (Wildman–Crippen MR) is 146 cm³/mol. The molecule has 10 nitrogen and oxygen atoms in total. The zero-order chi connectivity index (χ0) is 26.7. The summed E-state index contributed by atoms with van der Waals surface area (Å²) >= 11 is 6.04. The van der Waals surface area contributed by atoms with Gasteiger partial charge in [0.25, 0.3) is 0 Å². The van der Waals surface area contributed by atoms with Crippen molar-refractivity contribution in [2.45, 2.75) is 56.9 Å². The van der Waals surface area contributed by atoms with Gasteiger partial charge in [-0.15, -0.1) is 0 Å². The molecule has 5 rings (SSSR count). The second kappa shape index (κ2) is 11.7. The molecule has 38 heavy (non-hydrogen) atoms. The number of carbonyl (C=O) groups excluding carboxylic acids is 1. The number of nitrogens with one attached hydrogen (secondary N) is 2. The SMILES string of the molecule is CNc1ncnc2c1CC=CN2C1OC(COP(NC2(C(=O)OC)CCC2)Oc2ccc(Cl)cc2)CC1C. The number of allylic oxidation sites excluding steroid dienone is 1. The van der Waals surface area contributed by atoms with Crippen molar-refractivity contribution in [3.63, 3.8) is 0 Å². The molecule has 4 unspecified atom stereocenters. The van der Waals surface area contributed by atoms with Gasteiger partial charge in [-0.1, -0.05) is 24.6 Å². The first kappa shape index (κ1) is 27.1. The maximum Gasteiger partial charge on any atom is 0.326 e. The number of benzene rings is 1. The number of fused-ring (bicyclic) bond motifs is 1. The summed E-state index contributed by atoms with van der Waals surface area (Å²) in [6, 6.07) is 7.06.